The Morgan fingerprint density at radius 3 is 2.67 bits per heavy atom. The van der Waals surface area contributed by atoms with Gasteiger partial charge in [-0.2, -0.15) is 0 Å². The van der Waals surface area contributed by atoms with Gasteiger partial charge >= 0.3 is 5.97 Å². The molecule has 1 aliphatic carbocycles. The summed E-state index contributed by atoms with van der Waals surface area (Å²) in [4.78, 5) is 11.1. The molecule has 0 radical (unpaired) electrons. The van der Waals surface area contributed by atoms with Crippen LogP contribution in [0.4, 0.5) is 0 Å². The summed E-state index contributed by atoms with van der Waals surface area (Å²) < 4.78 is 26.3. The molecule has 6 heteroatoms. The standard InChI is InChI=1S/C15H19NO4S/c17-15(18)12-4-1-3-11(9-12)13-5-2-8-16(10-13)21(19,20)14-6-7-14/h1,3-4,9,13-14H,2,5-8,10H2,(H,17,18)/t13-/m0/s1. The average molecular weight is 309 g/mol. The van der Waals surface area contributed by atoms with Gasteiger partial charge in [-0.15, -0.1) is 0 Å². The van der Waals surface area contributed by atoms with Crippen LogP contribution in [0.1, 0.15) is 47.5 Å². The van der Waals surface area contributed by atoms with Crippen molar-refractivity contribution in [3.8, 4) is 0 Å². The first kappa shape index (κ1) is 14.5. The maximum Gasteiger partial charge on any atom is 0.335 e. The quantitative estimate of drug-likeness (QED) is 0.924. The van der Waals surface area contributed by atoms with E-state index < -0.39 is 16.0 Å². The van der Waals surface area contributed by atoms with Crippen molar-refractivity contribution in [2.24, 2.45) is 0 Å². The lowest BCUT2D eigenvalue weighted by Crippen LogP contribution is -2.40. The van der Waals surface area contributed by atoms with Gasteiger partial charge in [-0.3, -0.25) is 0 Å². The molecule has 114 valence electrons. The lowest BCUT2D eigenvalue weighted by Gasteiger charge is -2.32. The van der Waals surface area contributed by atoms with Crippen molar-refractivity contribution in [1.29, 1.82) is 0 Å². The summed E-state index contributed by atoms with van der Waals surface area (Å²) in [5, 5.41) is 8.88. The largest absolute Gasteiger partial charge is 0.478 e. The summed E-state index contributed by atoms with van der Waals surface area (Å²) in [6.07, 6.45) is 3.28. The monoisotopic (exact) mass is 309 g/mol. The van der Waals surface area contributed by atoms with E-state index in [1.165, 1.54) is 0 Å². The van der Waals surface area contributed by atoms with E-state index in [1.54, 1.807) is 22.5 Å². The molecule has 5 nitrogen and oxygen atoms in total. The number of carboxylic acids is 1. The summed E-state index contributed by atoms with van der Waals surface area (Å²) in [5.41, 5.74) is 1.18. The van der Waals surface area contributed by atoms with Crippen LogP contribution in [0.3, 0.4) is 0 Å². The van der Waals surface area contributed by atoms with Crippen molar-refractivity contribution < 1.29 is 18.3 Å². The second kappa shape index (κ2) is 5.42. The fraction of sp³-hybridized carbons (Fsp3) is 0.533. The third-order valence-electron chi connectivity index (χ3n) is 4.29. The van der Waals surface area contributed by atoms with Crippen LogP contribution in [-0.2, 0) is 10.0 Å². The summed E-state index contributed by atoms with van der Waals surface area (Å²) in [6, 6.07) is 6.85. The topological polar surface area (TPSA) is 74.7 Å². The molecule has 3 rings (SSSR count). The molecule has 1 N–H and O–H groups in total. The Bertz CT molecular complexity index is 651. The Hall–Kier alpha value is -1.40. The third-order valence-corrected chi connectivity index (χ3v) is 6.66. The molecule has 1 saturated heterocycles. The Labute approximate surface area is 124 Å². The highest BCUT2D eigenvalue weighted by atomic mass is 32.2. The molecule has 1 aliphatic heterocycles. The van der Waals surface area contributed by atoms with Crippen molar-refractivity contribution in [3.05, 3.63) is 35.4 Å². The molecule has 0 aromatic heterocycles. The Kier molecular flexibility index (Phi) is 3.75. The number of carboxylic acid groups (broad SMARTS) is 1. The summed E-state index contributed by atoms with van der Waals surface area (Å²) in [5.74, 6) is -0.860. The van der Waals surface area contributed by atoms with Gasteiger partial charge in [-0.1, -0.05) is 12.1 Å². The fourth-order valence-electron chi connectivity index (χ4n) is 2.95. The highest BCUT2D eigenvalue weighted by Crippen LogP contribution is 2.35. The van der Waals surface area contributed by atoms with Crippen LogP contribution < -0.4 is 0 Å². The smallest absolute Gasteiger partial charge is 0.335 e. The molecule has 2 fully saturated rings. The zero-order valence-corrected chi connectivity index (χ0v) is 12.6. The van der Waals surface area contributed by atoms with Gasteiger partial charge in [-0.25, -0.2) is 17.5 Å². The second-order valence-corrected chi connectivity index (χ2v) is 8.09. The van der Waals surface area contributed by atoms with E-state index in [0.717, 1.165) is 31.2 Å². The number of nitrogens with zero attached hydrogens (tertiary/aromatic N) is 1. The number of piperidine rings is 1. The highest BCUT2D eigenvalue weighted by molar-refractivity contribution is 7.90. The van der Waals surface area contributed by atoms with Crippen molar-refractivity contribution in [1.82, 2.24) is 4.31 Å². The van der Waals surface area contributed by atoms with E-state index >= 15 is 0 Å². The van der Waals surface area contributed by atoms with Gasteiger partial charge < -0.3 is 5.11 Å². The van der Waals surface area contributed by atoms with Crippen LogP contribution in [0, 0.1) is 0 Å². The Morgan fingerprint density at radius 1 is 1.24 bits per heavy atom. The first-order valence-corrected chi connectivity index (χ1v) is 8.81. The Balaban J connectivity index is 1.80. The maximum atomic E-state index is 12.3. The van der Waals surface area contributed by atoms with E-state index in [1.807, 2.05) is 6.07 Å². The molecule has 0 bridgehead atoms. The summed E-state index contributed by atoms with van der Waals surface area (Å²) in [7, 11) is -3.14. The third kappa shape index (κ3) is 2.96. The molecule has 0 unspecified atom stereocenters. The van der Waals surface area contributed by atoms with Crippen molar-refractivity contribution >= 4 is 16.0 Å². The van der Waals surface area contributed by atoms with Crippen LogP contribution >= 0.6 is 0 Å². The maximum absolute atomic E-state index is 12.3. The lowest BCUT2D eigenvalue weighted by atomic mass is 9.91. The molecule has 0 amide bonds. The molecule has 1 saturated carbocycles. The minimum Gasteiger partial charge on any atom is -0.478 e. The lowest BCUT2D eigenvalue weighted by molar-refractivity contribution is 0.0696. The van der Waals surface area contributed by atoms with Gasteiger partial charge in [0.2, 0.25) is 10.0 Å². The molecule has 1 aromatic carbocycles. The van der Waals surface area contributed by atoms with Gasteiger partial charge in [0.1, 0.15) is 0 Å². The number of aromatic carboxylic acids is 1. The Morgan fingerprint density at radius 2 is 2.00 bits per heavy atom. The molecular weight excluding hydrogens is 290 g/mol. The van der Waals surface area contributed by atoms with Gasteiger partial charge in [0, 0.05) is 13.1 Å². The van der Waals surface area contributed by atoms with Crippen LogP contribution in [0.15, 0.2) is 24.3 Å². The van der Waals surface area contributed by atoms with Crippen LogP contribution in [-0.4, -0.2) is 42.1 Å². The second-order valence-electron chi connectivity index (χ2n) is 5.87. The minimum atomic E-state index is -3.14. The van der Waals surface area contributed by atoms with Crippen molar-refractivity contribution in [2.75, 3.05) is 13.1 Å². The number of carbonyl (C=O) groups is 1. The highest BCUT2D eigenvalue weighted by Gasteiger charge is 2.41. The van der Waals surface area contributed by atoms with Gasteiger partial charge in [0.05, 0.1) is 10.8 Å². The van der Waals surface area contributed by atoms with E-state index in [2.05, 4.69) is 0 Å². The molecule has 1 aromatic rings. The number of hydrogen-bond acceptors (Lipinski definition) is 3. The molecule has 1 heterocycles. The molecule has 1 atom stereocenters. The zero-order chi connectivity index (χ0) is 15.0. The molecular formula is C15H19NO4S. The van der Waals surface area contributed by atoms with Crippen LogP contribution in [0.25, 0.3) is 0 Å². The summed E-state index contributed by atoms with van der Waals surface area (Å²) >= 11 is 0. The molecule has 2 aliphatic rings. The van der Waals surface area contributed by atoms with Gasteiger partial charge in [-0.05, 0) is 49.3 Å². The average Bonchev–Trinajstić information content (AvgIpc) is 3.32. The normalized spacial score (nSPS) is 23.9. The van der Waals surface area contributed by atoms with Gasteiger partial charge in [0.25, 0.3) is 0 Å². The fourth-order valence-corrected chi connectivity index (χ4v) is 4.87. The van der Waals surface area contributed by atoms with Crippen LogP contribution in [0.2, 0.25) is 0 Å². The predicted molar refractivity (Wildman–Crippen MR) is 78.9 cm³/mol. The number of hydrogen-bond donors (Lipinski definition) is 1. The first-order chi connectivity index (χ1) is 9.98. The van der Waals surface area contributed by atoms with E-state index in [4.69, 9.17) is 5.11 Å². The summed E-state index contributed by atoms with van der Waals surface area (Å²) in [6.45, 7) is 1.07. The SMILES string of the molecule is O=C(O)c1cccc([C@H]2CCCN(S(=O)(=O)C3CC3)C2)c1. The van der Waals surface area contributed by atoms with Crippen molar-refractivity contribution in [3.63, 3.8) is 0 Å². The number of rotatable bonds is 4. The van der Waals surface area contributed by atoms with Crippen LogP contribution in [0.5, 0.6) is 0 Å². The molecule has 0 spiro atoms. The number of benzene rings is 1. The van der Waals surface area contributed by atoms with Gasteiger partial charge in [0.15, 0.2) is 0 Å². The van der Waals surface area contributed by atoms with E-state index in [-0.39, 0.29) is 16.7 Å². The van der Waals surface area contributed by atoms with Crippen molar-refractivity contribution in [2.45, 2.75) is 36.9 Å². The molecule has 21 heavy (non-hydrogen) atoms. The first-order valence-electron chi connectivity index (χ1n) is 7.30. The number of sulfonamides is 1. The minimum absolute atomic E-state index is 0.0894. The predicted octanol–water partition coefficient (Wildman–Crippen LogP) is 2.06. The van der Waals surface area contributed by atoms with E-state index in [9.17, 15) is 13.2 Å². The van der Waals surface area contributed by atoms with E-state index in [0.29, 0.717) is 13.1 Å². The zero-order valence-electron chi connectivity index (χ0n) is 11.7.